The fourth-order valence-electron chi connectivity index (χ4n) is 1.05. The predicted molar refractivity (Wildman–Crippen MR) is 32.8 cm³/mol. The van der Waals surface area contributed by atoms with Crippen molar-refractivity contribution in [1.82, 2.24) is 0 Å². The molecular formula is C6H10F3NO. The van der Waals surface area contributed by atoms with Gasteiger partial charge in [0.2, 0.25) is 0 Å². The Hall–Kier alpha value is -0.290. The molecule has 66 valence electrons. The van der Waals surface area contributed by atoms with Gasteiger partial charge in [-0.25, -0.2) is 0 Å². The molecule has 1 rings (SSSR count). The van der Waals surface area contributed by atoms with Crippen LogP contribution in [0.15, 0.2) is 0 Å². The molecule has 0 radical (unpaired) electrons. The summed E-state index contributed by atoms with van der Waals surface area (Å²) in [4.78, 5) is 0. The van der Waals surface area contributed by atoms with Gasteiger partial charge >= 0.3 is 6.18 Å². The van der Waals surface area contributed by atoms with E-state index in [1.807, 2.05) is 0 Å². The molecule has 1 atom stereocenters. The molecule has 0 aromatic heterocycles. The van der Waals surface area contributed by atoms with Crippen molar-refractivity contribution in [3.8, 4) is 0 Å². The minimum atomic E-state index is -4.48. The molecule has 2 nitrogen and oxygen atoms in total. The summed E-state index contributed by atoms with van der Waals surface area (Å²) in [5.74, 6) is -0.576. The van der Waals surface area contributed by atoms with E-state index in [0.29, 0.717) is 12.8 Å². The van der Waals surface area contributed by atoms with Crippen LogP contribution in [0.1, 0.15) is 12.8 Å². The molecule has 0 heterocycles. The minimum absolute atomic E-state index is 0.469. The second-order valence-corrected chi connectivity index (χ2v) is 2.97. The Morgan fingerprint density at radius 3 is 1.91 bits per heavy atom. The monoisotopic (exact) mass is 169 g/mol. The summed E-state index contributed by atoms with van der Waals surface area (Å²) in [5, 5.41) is 8.49. The summed E-state index contributed by atoms with van der Waals surface area (Å²) in [7, 11) is 0. The first-order valence-corrected chi connectivity index (χ1v) is 3.38. The van der Waals surface area contributed by atoms with Crippen LogP contribution in [0, 0.1) is 5.92 Å². The third kappa shape index (κ3) is 1.35. The first-order valence-electron chi connectivity index (χ1n) is 3.38. The maximum atomic E-state index is 12.1. The van der Waals surface area contributed by atoms with Gasteiger partial charge in [0, 0.05) is 0 Å². The van der Waals surface area contributed by atoms with Gasteiger partial charge in [-0.15, -0.1) is 0 Å². The molecule has 1 fully saturated rings. The molecule has 0 aromatic carbocycles. The standard InChI is InChI=1S/C6H10F3NO/c7-6(8,9)5(10,3-11)4-1-2-4/h4,11H,1-3,10H2. The number of rotatable bonds is 2. The summed E-state index contributed by atoms with van der Waals surface area (Å²) in [6.45, 7) is -1.01. The van der Waals surface area contributed by atoms with Crippen LogP contribution in [-0.4, -0.2) is 23.4 Å². The highest BCUT2D eigenvalue weighted by Crippen LogP contribution is 2.46. The molecule has 0 aromatic rings. The number of hydrogen-bond acceptors (Lipinski definition) is 2. The van der Waals surface area contributed by atoms with Crippen LogP contribution >= 0.6 is 0 Å². The predicted octanol–water partition coefficient (Wildman–Crippen LogP) is 0.649. The Balaban J connectivity index is 2.73. The van der Waals surface area contributed by atoms with Gasteiger partial charge < -0.3 is 10.8 Å². The van der Waals surface area contributed by atoms with Crippen LogP contribution in [0.5, 0.6) is 0 Å². The third-order valence-electron chi connectivity index (χ3n) is 2.10. The third-order valence-corrected chi connectivity index (χ3v) is 2.10. The van der Waals surface area contributed by atoms with E-state index < -0.39 is 24.2 Å². The molecule has 0 aliphatic heterocycles. The van der Waals surface area contributed by atoms with Gasteiger partial charge in [-0.3, -0.25) is 0 Å². The van der Waals surface area contributed by atoms with E-state index in [9.17, 15) is 13.2 Å². The first kappa shape index (κ1) is 8.80. The van der Waals surface area contributed by atoms with Crippen LogP contribution < -0.4 is 5.73 Å². The Kier molecular flexibility index (Phi) is 1.88. The Morgan fingerprint density at radius 2 is 1.82 bits per heavy atom. The van der Waals surface area contributed by atoms with E-state index in [-0.39, 0.29) is 0 Å². The van der Waals surface area contributed by atoms with Gasteiger partial charge in [0.15, 0.2) is 0 Å². The van der Waals surface area contributed by atoms with Crippen molar-refractivity contribution in [3.63, 3.8) is 0 Å². The number of halogens is 3. The number of alkyl halides is 3. The largest absolute Gasteiger partial charge is 0.408 e. The van der Waals surface area contributed by atoms with E-state index >= 15 is 0 Å². The molecule has 0 saturated heterocycles. The molecule has 11 heavy (non-hydrogen) atoms. The fraction of sp³-hybridized carbons (Fsp3) is 1.00. The molecule has 0 bridgehead atoms. The van der Waals surface area contributed by atoms with E-state index in [2.05, 4.69) is 0 Å². The van der Waals surface area contributed by atoms with Crippen molar-refractivity contribution in [2.75, 3.05) is 6.61 Å². The quantitative estimate of drug-likeness (QED) is 0.637. The average molecular weight is 169 g/mol. The molecule has 1 saturated carbocycles. The lowest BCUT2D eigenvalue weighted by molar-refractivity contribution is -0.202. The summed E-state index contributed by atoms with van der Waals surface area (Å²) < 4.78 is 36.3. The average Bonchev–Trinajstić information content (AvgIpc) is 2.64. The van der Waals surface area contributed by atoms with Crippen molar-refractivity contribution in [1.29, 1.82) is 0 Å². The van der Waals surface area contributed by atoms with Gasteiger partial charge in [-0.05, 0) is 18.8 Å². The lowest BCUT2D eigenvalue weighted by Crippen LogP contribution is -2.58. The number of nitrogens with two attached hydrogens (primary N) is 1. The van der Waals surface area contributed by atoms with Crippen LogP contribution in [0.2, 0.25) is 0 Å². The Labute approximate surface area is 62.2 Å². The molecule has 1 aliphatic carbocycles. The summed E-state index contributed by atoms with van der Waals surface area (Å²) in [6.07, 6.45) is -3.55. The van der Waals surface area contributed by atoms with Crippen molar-refractivity contribution in [3.05, 3.63) is 0 Å². The maximum absolute atomic E-state index is 12.1. The SMILES string of the molecule is NC(CO)(C1CC1)C(F)(F)F. The van der Waals surface area contributed by atoms with Gasteiger partial charge in [0.05, 0.1) is 6.61 Å². The first-order chi connectivity index (χ1) is 4.92. The minimum Gasteiger partial charge on any atom is -0.394 e. The smallest absolute Gasteiger partial charge is 0.394 e. The van der Waals surface area contributed by atoms with E-state index in [4.69, 9.17) is 10.8 Å². The Morgan fingerprint density at radius 1 is 1.36 bits per heavy atom. The number of aliphatic hydroxyl groups excluding tert-OH is 1. The molecule has 3 N–H and O–H groups in total. The highest BCUT2D eigenvalue weighted by molar-refractivity contribution is 5.03. The summed E-state index contributed by atoms with van der Waals surface area (Å²) in [6, 6.07) is 0. The number of aliphatic hydroxyl groups is 1. The van der Waals surface area contributed by atoms with Gasteiger partial charge in [0.1, 0.15) is 5.54 Å². The van der Waals surface area contributed by atoms with Crippen LogP contribution in [-0.2, 0) is 0 Å². The fourth-order valence-corrected chi connectivity index (χ4v) is 1.05. The molecule has 1 unspecified atom stereocenters. The second kappa shape index (κ2) is 2.35. The molecule has 1 aliphatic rings. The summed E-state index contributed by atoms with van der Waals surface area (Å²) in [5.41, 5.74) is 2.65. The van der Waals surface area contributed by atoms with Crippen LogP contribution in [0.3, 0.4) is 0 Å². The highest BCUT2D eigenvalue weighted by Gasteiger charge is 2.59. The van der Waals surface area contributed by atoms with Gasteiger partial charge in [-0.2, -0.15) is 13.2 Å². The van der Waals surface area contributed by atoms with E-state index in [1.165, 1.54) is 0 Å². The maximum Gasteiger partial charge on any atom is 0.408 e. The van der Waals surface area contributed by atoms with E-state index in [0.717, 1.165) is 0 Å². The molecule has 5 heteroatoms. The van der Waals surface area contributed by atoms with Crippen molar-refractivity contribution in [2.45, 2.75) is 24.6 Å². The Bertz CT molecular complexity index is 154. The zero-order chi connectivity index (χ0) is 8.70. The topological polar surface area (TPSA) is 46.2 Å². The van der Waals surface area contributed by atoms with Crippen molar-refractivity contribution < 1.29 is 18.3 Å². The zero-order valence-corrected chi connectivity index (χ0v) is 5.86. The highest BCUT2D eigenvalue weighted by atomic mass is 19.4. The van der Waals surface area contributed by atoms with E-state index in [1.54, 1.807) is 0 Å². The lowest BCUT2D eigenvalue weighted by atomic mass is 9.95. The molecule has 0 spiro atoms. The molecule has 0 amide bonds. The summed E-state index contributed by atoms with van der Waals surface area (Å²) >= 11 is 0. The van der Waals surface area contributed by atoms with Crippen LogP contribution in [0.25, 0.3) is 0 Å². The van der Waals surface area contributed by atoms with Crippen molar-refractivity contribution >= 4 is 0 Å². The van der Waals surface area contributed by atoms with Gasteiger partial charge in [-0.1, -0.05) is 0 Å². The van der Waals surface area contributed by atoms with Crippen LogP contribution in [0.4, 0.5) is 13.2 Å². The van der Waals surface area contributed by atoms with Crippen molar-refractivity contribution in [2.24, 2.45) is 11.7 Å². The second-order valence-electron chi connectivity index (χ2n) is 2.97. The normalized spacial score (nSPS) is 24.8. The zero-order valence-electron chi connectivity index (χ0n) is 5.86. The number of hydrogen-bond donors (Lipinski definition) is 2. The van der Waals surface area contributed by atoms with Gasteiger partial charge in [0.25, 0.3) is 0 Å². The molecular weight excluding hydrogens is 159 g/mol. The lowest BCUT2D eigenvalue weighted by Gasteiger charge is -2.29.